The molecule has 4 nitrogen and oxygen atoms in total. The molecule has 1 atom stereocenters. The summed E-state index contributed by atoms with van der Waals surface area (Å²) in [6.07, 6.45) is -0.724. The van der Waals surface area contributed by atoms with Gasteiger partial charge in [0.25, 0.3) is 0 Å². The van der Waals surface area contributed by atoms with Crippen LogP contribution in [0.5, 0.6) is 0 Å². The Morgan fingerprint density at radius 2 is 1.87 bits per heavy atom. The Morgan fingerprint density at radius 3 is 2.13 bits per heavy atom. The van der Waals surface area contributed by atoms with Crippen LogP contribution in [-0.2, 0) is 9.22 Å². The summed E-state index contributed by atoms with van der Waals surface area (Å²) in [7, 11) is -2.06. The van der Waals surface area contributed by atoms with Crippen LogP contribution in [0.3, 0.4) is 0 Å². The van der Waals surface area contributed by atoms with Crippen LogP contribution in [0.25, 0.3) is 0 Å². The van der Waals surface area contributed by atoms with Gasteiger partial charge in [-0.25, -0.2) is 4.79 Å². The smallest absolute Gasteiger partial charge is 0.331 e. The Bertz CT molecular complexity index is 220. The van der Waals surface area contributed by atoms with Crippen LogP contribution in [0.15, 0.2) is 0 Å². The highest BCUT2D eigenvalue weighted by atomic mass is 28.4. The van der Waals surface area contributed by atoms with Gasteiger partial charge in [0.15, 0.2) is 8.32 Å². The second-order valence-corrected chi connectivity index (χ2v) is 9.97. The van der Waals surface area contributed by atoms with E-state index in [1.165, 1.54) is 0 Å². The highest BCUT2D eigenvalue weighted by Crippen LogP contribution is 2.37. The van der Waals surface area contributed by atoms with Gasteiger partial charge in [0.2, 0.25) is 0 Å². The van der Waals surface area contributed by atoms with Gasteiger partial charge in [-0.15, -0.1) is 0 Å². The predicted molar refractivity (Wildman–Crippen MR) is 61.4 cm³/mol. The van der Waals surface area contributed by atoms with Gasteiger partial charge in [-0.1, -0.05) is 20.8 Å². The molecule has 0 fully saturated rings. The van der Waals surface area contributed by atoms with Crippen molar-refractivity contribution < 1.29 is 19.4 Å². The standard InChI is InChI=1S/C10H22O4Si/c1-10(2,3)15(4,5)14-8(6-7-11)9(12)13/h8,11H,6-7H2,1-5H3,(H,12,13)/t8-/m0/s1. The Balaban J connectivity index is 4.59. The van der Waals surface area contributed by atoms with E-state index in [9.17, 15) is 4.79 Å². The van der Waals surface area contributed by atoms with E-state index in [0.29, 0.717) is 0 Å². The van der Waals surface area contributed by atoms with Gasteiger partial charge in [-0.2, -0.15) is 0 Å². The van der Waals surface area contributed by atoms with Crippen LogP contribution < -0.4 is 0 Å². The fraction of sp³-hybridized carbons (Fsp3) is 0.900. The van der Waals surface area contributed by atoms with Crippen molar-refractivity contribution in [1.82, 2.24) is 0 Å². The quantitative estimate of drug-likeness (QED) is 0.712. The third-order valence-electron chi connectivity index (χ3n) is 2.91. The minimum atomic E-state index is -2.06. The van der Waals surface area contributed by atoms with Gasteiger partial charge in [0.1, 0.15) is 6.10 Å². The third-order valence-corrected chi connectivity index (χ3v) is 7.40. The maximum Gasteiger partial charge on any atom is 0.331 e. The van der Waals surface area contributed by atoms with Crippen molar-refractivity contribution in [2.45, 2.75) is 51.4 Å². The number of carboxylic acids is 1. The van der Waals surface area contributed by atoms with E-state index in [1.54, 1.807) is 0 Å². The van der Waals surface area contributed by atoms with E-state index in [-0.39, 0.29) is 18.1 Å². The van der Waals surface area contributed by atoms with E-state index in [4.69, 9.17) is 14.6 Å². The first kappa shape index (κ1) is 14.6. The van der Waals surface area contributed by atoms with Crippen LogP contribution in [0.4, 0.5) is 0 Å². The first-order valence-electron chi connectivity index (χ1n) is 5.13. The number of rotatable bonds is 5. The summed E-state index contributed by atoms with van der Waals surface area (Å²) < 4.78 is 5.68. The molecule has 0 spiro atoms. The van der Waals surface area contributed by atoms with Crippen molar-refractivity contribution in [3.05, 3.63) is 0 Å². The van der Waals surface area contributed by atoms with E-state index >= 15 is 0 Å². The number of aliphatic hydroxyl groups is 1. The van der Waals surface area contributed by atoms with Crippen molar-refractivity contribution in [3.63, 3.8) is 0 Å². The lowest BCUT2D eigenvalue weighted by Crippen LogP contribution is -2.46. The molecule has 0 rings (SSSR count). The lowest BCUT2D eigenvalue weighted by Gasteiger charge is -2.38. The molecule has 0 saturated heterocycles. The fourth-order valence-electron chi connectivity index (χ4n) is 0.882. The maximum absolute atomic E-state index is 10.9. The molecule has 0 aromatic rings. The largest absolute Gasteiger partial charge is 0.479 e. The molecule has 0 radical (unpaired) electrons. The van der Waals surface area contributed by atoms with Gasteiger partial charge < -0.3 is 14.6 Å². The summed E-state index contributed by atoms with van der Waals surface area (Å²) >= 11 is 0. The molecule has 0 aromatic carbocycles. The molecule has 0 aliphatic rings. The van der Waals surface area contributed by atoms with Crippen LogP contribution in [-0.4, -0.2) is 37.2 Å². The van der Waals surface area contributed by atoms with E-state index in [0.717, 1.165) is 0 Å². The van der Waals surface area contributed by atoms with Gasteiger partial charge in [-0.3, -0.25) is 0 Å². The number of carbonyl (C=O) groups is 1. The zero-order chi connectivity index (χ0) is 12.3. The zero-order valence-electron chi connectivity index (χ0n) is 10.2. The monoisotopic (exact) mass is 234 g/mol. The summed E-state index contributed by atoms with van der Waals surface area (Å²) in [6.45, 7) is 10.00. The minimum absolute atomic E-state index is 0.0177. The number of aliphatic hydroxyl groups excluding tert-OH is 1. The SMILES string of the molecule is CC(C)(C)[Si](C)(C)O[C@@H](CCO)C(=O)O. The Labute approximate surface area is 92.4 Å². The topological polar surface area (TPSA) is 66.8 Å². The summed E-state index contributed by atoms with van der Waals surface area (Å²) in [5.41, 5.74) is 0. The first-order valence-corrected chi connectivity index (χ1v) is 8.04. The highest BCUT2D eigenvalue weighted by Gasteiger charge is 2.40. The lowest BCUT2D eigenvalue weighted by atomic mass is 10.2. The Hall–Kier alpha value is -0.393. The van der Waals surface area contributed by atoms with E-state index in [1.807, 2.05) is 13.1 Å². The second kappa shape index (κ2) is 5.09. The predicted octanol–water partition coefficient (Wildman–Crippen LogP) is 1.84. The molecule has 0 unspecified atom stereocenters. The van der Waals surface area contributed by atoms with Crippen molar-refractivity contribution >= 4 is 14.3 Å². The van der Waals surface area contributed by atoms with Gasteiger partial charge in [0.05, 0.1) is 0 Å². The fourth-order valence-corrected chi connectivity index (χ4v) is 2.17. The van der Waals surface area contributed by atoms with Crippen molar-refractivity contribution in [2.75, 3.05) is 6.61 Å². The van der Waals surface area contributed by atoms with Crippen molar-refractivity contribution in [1.29, 1.82) is 0 Å². The Morgan fingerprint density at radius 1 is 1.40 bits per heavy atom. The number of hydrogen-bond acceptors (Lipinski definition) is 3. The minimum Gasteiger partial charge on any atom is -0.479 e. The Kier molecular flexibility index (Phi) is 4.96. The summed E-state index contributed by atoms with van der Waals surface area (Å²) in [4.78, 5) is 10.9. The number of aliphatic carboxylic acids is 1. The van der Waals surface area contributed by atoms with Gasteiger partial charge in [-0.05, 0) is 18.1 Å². The molecule has 5 heteroatoms. The molecule has 0 amide bonds. The molecule has 0 aromatic heterocycles. The van der Waals surface area contributed by atoms with E-state index in [2.05, 4.69) is 20.8 Å². The van der Waals surface area contributed by atoms with Crippen molar-refractivity contribution in [2.24, 2.45) is 0 Å². The van der Waals surface area contributed by atoms with Crippen LogP contribution >= 0.6 is 0 Å². The van der Waals surface area contributed by atoms with E-state index < -0.39 is 20.4 Å². The average molecular weight is 234 g/mol. The molecule has 0 heterocycles. The van der Waals surface area contributed by atoms with Gasteiger partial charge >= 0.3 is 5.97 Å². The molecule has 2 N–H and O–H groups in total. The average Bonchev–Trinajstić information content (AvgIpc) is 2.00. The highest BCUT2D eigenvalue weighted by molar-refractivity contribution is 6.74. The molecule has 0 aliphatic heterocycles. The van der Waals surface area contributed by atoms with Crippen molar-refractivity contribution in [3.8, 4) is 0 Å². The molecule has 0 saturated carbocycles. The molecule has 15 heavy (non-hydrogen) atoms. The zero-order valence-corrected chi connectivity index (χ0v) is 11.2. The normalized spacial score (nSPS) is 15.1. The second-order valence-electron chi connectivity index (χ2n) is 5.22. The summed E-state index contributed by atoms with van der Waals surface area (Å²) in [5.74, 6) is -0.992. The van der Waals surface area contributed by atoms with Gasteiger partial charge in [0, 0.05) is 13.0 Å². The molecule has 90 valence electrons. The number of hydrogen-bond donors (Lipinski definition) is 2. The van der Waals surface area contributed by atoms with Crippen LogP contribution in [0.2, 0.25) is 18.1 Å². The lowest BCUT2D eigenvalue weighted by molar-refractivity contribution is -0.146. The first-order chi connectivity index (χ1) is 6.62. The maximum atomic E-state index is 10.9. The van der Waals surface area contributed by atoms with Crippen LogP contribution in [0, 0.1) is 0 Å². The van der Waals surface area contributed by atoms with Crippen LogP contribution in [0.1, 0.15) is 27.2 Å². The summed E-state index contributed by atoms with van der Waals surface area (Å²) in [5, 5.41) is 17.7. The number of carboxylic acid groups (broad SMARTS) is 1. The molecule has 0 aliphatic carbocycles. The molecular weight excluding hydrogens is 212 g/mol. The molecular formula is C10H22O4Si. The summed E-state index contributed by atoms with van der Waals surface area (Å²) in [6, 6.07) is 0. The molecule has 0 bridgehead atoms. The third kappa shape index (κ3) is 4.32.